The molecular formula is C14H27BrN2O4. The zero-order valence-corrected chi connectivity index (χ0v) is 14.9. The molecule has 0 unspecified atom stereocenters. The van der Waals surface area contributed by atoms with Crippen molar-refractivity contribution >= 4 is 22.2 Å². The Labute approximate surface area is 136 Å². The Morgan fingerprint density at radius 2 is 1.57 bits per heavy atom. The first-order valence-electron chi connectivity index (χ1n) is 7.38. The number of hydrogen-bond acceptors (Lipinski definition) is 6. The Kier molecular flexibility index (Phi) is 8.73. The fourth-order valence-electron chi connectivity index (χ4n) is 2.12. The van der Waals surface area contributed by atoms with Crippen molar-refractivity contribution in [3.8, 4) is 0 Å². The van der Waals surface area contributed by atoms with Crippen LogP contribution in [0.3, 0.4) is 0 Å². The molecular weight excluding hydrogens is 340 g/mol. The summed E-state index contributed by atoms with van der Waals surface area (Å²) in [5, 5.41) is 0. The Hall–Kier alpha value is -0.210. The molecule has 1 aliphatic heterocycles. The van der Waals surface area contributed by atoms with Crippen molar-refractivity contribution in [1.29, 1.82) is 0 Å². The second-order valence-corrected chi connectivity index (χ2v) is 6.59. The van der Waals surface area contributed by atoms with E-state index in [0.29, 0.717) is 13.2 Å². The molecule has 0 radical (unpaired) electrons. The number of esters is 1. The zero-order valence-electron chi connectivity index (χ0n) is 13.3. The number of ether oxygens (including phenoxy) is 2. The van der Waals surface area contributed by atoms with E-state index in [-0.39, 0.29) is 12.6 Å². The highest BCUT2D eigenvalue weighted by Crippen LogP contribution is 2.07. The molecule has 0 bridgehead atoms. The quantitative estimate of drug-likeness (QED) is 0.476. The lowest BCUT2D eigenvalue weighted by molar-refractivity contribution is -0.160. The van der Waals surface area contributed by atoms with Gasteiger partial charge in [0.1, 0.15) is 12.2 Å². The van der Waals surface area contributed by atoms with Gasteiger partial charge in [-0.15, -0.1) is 0 Å². The Bertz CT molecular complexity index is 302. The summed E-state index contributed by atoms with van der Waals surface area (Å²) in [6, 6.07) is 0. The largest absolute Gasteiger partial charge is 0.458 e. The monoisotopic (exact) mass is 366 g/mol. The minimum atomic E-state index is -0.449. The predicted molar refractivity (Wildman–Crippen MR) is 84.4 cm³/mol. The average Bonchev–Trinajstić information content (AvgIpc) is 2.41. The van der Waals surface area contributed by atoms with Gasteiger partial charge in [0.15, 0.2) is 0 Å². The highest BCUT2D eigenvalue weighted by molar-refractivity contribution is 9.06. The summed E-state index contributed by atoms with van der Waals surface area (Å²) in [6.45, 7) is 12.8. The maximum Gasteiger partial charge on any atom is 0.332 e. The third-order valence-electron chi connectivity index (χ3n) is 3.14. The molecule has 1 rings (SSSR count). The van der Waals surface area contributed by atoms with E-state index in [1.807, 2.05) is 20.8 Å². The van der Waals surface area contributed by atoms with Gasteiger partial charge in [0.25, 0.3) is 0 Å². The molecule has 21 heavy (non-hydrogen) atoms. The highest BCUT2D eigenvalue weighted by atomic mass is 79.9. The fraction of sp³-hybridized carbons (Fsp3) is 0.929. The van der Waals surface area contributed by atoms with E-state index in [1.54, 1.807) is 0 Å². The molecule has 1 aliphatic rings. The van der Waals surface area contributed by atoms with Crippen molar-refractivity contribution < 1.29 is 18.1 Å². The average molecular weight is 367 g/mol. The van der Waals surface area contributed by atoms with Gasteiger partial charge in [0.2, 0.25) is 0 Å². The first-order chi connectivity index (χ1) is 9.90. The van der Waals surface area contributed by atoms with Crippen LogP contribution in [0.15, 0.2) is 0 Å². The van der Waals surface area contributed by atoms with Crippen LogP contribution in [0.5, 0.6) is 0 Å². The zero-order chi connectivity index (χ0) is 15.7. The third-order valence-corrected chi connectivity index (χ3v) is 3.47. The van der Waals surface area contributed by atoms with Crippen LogP contribution in [0.1, 0.15) is 20.8 Å². The molecule has 0 spiro atoms. The predicted octanol–water partition coefficient (Wildman–Crippen LogP) is 1.29. The van der Waals surface area contributed by atoms with Gasteiger partial charge in [-0.3, -0.25) is 9.80 Å². The van der Waals surface area contributed by atoms with Gasteiger partial charge in [-0.1, -0.05) is 0 Å². The van der Waals surface area contributed by atoms with Gasteiger partial charge in [-0.05, 0) is 20.8 Å². The van der Waals surface area contributed by atoms with Gasteiger partial charge in [0.05, 0.1) is 29.5 Å². The Morgan fingerprint density at radius 1 is 1.05 bits per heavy atom. The number of carbonyl (C=O) groups excluding carboxylic acids is 1. The summed E-state index contributed by atoms with van der Waals surface area (Å²) < 4.78 is 15.5. The van der Waals surface area contributed by atoms with Gasteiger partial charge in [0, 0.05) is 39.3 Å². The molecule has 124 valence electrons. The Balaban J connectivity index is 2.03. The second kappa shape index (κ2) is 9.74. The molecule has 0 saturated carbocycles. The van der Waals surface area contributed by atoms with Crippen LogP contribution in [-0.2, 0) is 18.1 Å². The lowest BCUT2D eigenvalue weighted by Crippen LogP contribution is -2.48. The van der Waals surface area contributed by atoms with Gasteiger partial charge in [-0.25, -0.2) is 4.79 Å². The molecule has 0 amide bonds. The molecule has 0 aromatic carbocycles. The number of nitrogens with zero attached hydrogens (tertiary/aromatic N) is 2. The summed E-state index contributed by atoms with van der Waals surface area (Å²) in [7, 11) is 0. The number of halogens is 1. The van der Waals surface area contributed by atoms with Crippen molar-refractivity contribution in [2.24, 2.45) is 0 Å². The van der Waals surface area contributed by atoms with E-state index in [9.17, 15) is 4.79 Å². The van der Waals surface area contributed by atoms with E-state index < -0.39 is 5.60 Å². The van der Waals surface area contributed by atoms with Crippen molar-refractivity contribution in [2.45, 2.75) is 26.4 Å². The summed E-state index contributed by atoms with van der Waals surface area (Å²) in [4.78, 5) is 16.2. The molecule has 0 aromatic rings. The summed E-state index contributed by atoms with van der Waals surface area (Å²) >= 11 is 2.97. The van der Waals surface area contributed by atoms with E-state index in [4.69, 9.17) is 13.3 Å². The number of rotatable bonds is 8. The van der Waals surface area contributed by atoms with Crippen molar-refractivity contribution in [2.75, 3.05) is 59.1 Å². The molecule has 0 atom stereocenters. The van der Waals surface area contributed by atoms with Crippen molar-refractivity contribution in [3.05, 3.63) is 0 Å². The van der Waals surface area contributed by atoms with Crippen LogP contribution < -0.4 is 0 Å². The molecule has 6 nitrogen and oxygen atoms in total. The molecule has 0 aliphatic carbocycles. The lowest BCUT2D eigenvalue weighted by Gasteiger charge is -2.34. The topological polar surface area (TPSA) is 51.2 Å². The molecule has 1 heterocycles. The minimum absolute atomic E-state index is 0.0276. The third kappa shape index (κ3) is 9.42. The van der Waals surface area contributed by atoms with Crippen LogP contribution in [0.2, 0.25) is 0 Å². The van der Waals surface area contributed by atoms with Crippen molar-refractivity contribution in [3.63, 3.8) is 0 Å². The molecule has 0 N–H and O–H groups in total. The molecule has 1 saturated heterocycles. The van der Waals surface area contributed by atoms with Crippen molar-refractivity contribution in [1.82, 2.24) is 9.80 Å². The smallest absolute Gasteiger partial charge is 0.332 e. The first kappa shape index (κ1) is 18.8. The van der Waals surface area contributed by atoms with Crippen LogP contribution in [-0.4, -0.2) is 80.5 Å². The SMILES string of the molecule is CC(C)(C)OC(=O)COCCN1CCN(CCOBr)CC1. The maximum absolute atomic E-state index is 11.5. The van der Waals surface area contributed by atoms with Gasteiger partial charge < -0.3 is 13.3 Å². The standard InChI is InChI=1S/C14H27BrN2O4/c1-14(2,3)21-13(18)12-19-10-8-16-4-6-17(7-5-16)9-11-20-15/h4-12H2,1-3H3. The van der Waals surface area contributed by atoms with E-state index >= 15 is 0 Å². The normalized spacial score (nSPS) is 17.9. The summed E-state index contributed by atoms with van der Waals surface area (Å²) in [5.74, 6) is -0.304. The first-order valence-corrected chi connectivity index (χ1v) is 8.03. The minimum Gasteiger partial charge on any atom is -0.458 e. The van der Waals surface area contributed by atoms with Gasteiger partial charge in [-0.2, -0.15) is 0 Å². The van der Waals surface area contributed by atoms with Gasteiger partial charge >= 0.3 is 5.97 Å². The highest BCUT2D eigenvalue weighted by Gasteiger charge is 2.18. The lowest BCUT2D eigenvalue weighted by atomic mass is 10.2. The molecule has 0 aromatic heterocycles. The van der Waals surface area contributed by atoms with Crippen LogP contribution in [0.4, 0.5) is 0 Å². The molecule has 1 fully saturated rings. The second-order valence-electron chi connectivity index (χ2n) is 6.14. The van der Waals surface area contributed by atoms with Crippen LogP contribution >= 0.6 is 16.3 Å². The maximum atomic E-state index is 11.5. The van der Waals surface area contributed by atoms with E-state index in [0.717, 1.165) is 39.3 Å². The molecule has 7 heteroatoms. The Morgan fingerprint density at radius 3 is 2.05 bits per heavy atom. The summed E-state index contributed by atoms with van der Waals surface area (Å²) in [6.07, 6.45) is 0. The van der Waals surface area contributed by atoms with E-state index in [2.05, 4.69) is 26.1 Å². The van der Waals surface area contributed by atoms with Crippen LogP contribution in [0.25, 0.3) is 0 Å². The number of hydrogen-bond donors (Lipinski definition) is 0. The van der Waals surface area contributed by atoms with Crippen LogP contribution in [0, 0.1) is 0 Å². The summed E-state index contributed by atoms with van der Waals surface area (Å²) in [5.41, 5.74) is -0.449. The number of piperazine rings is 1. The number of carbonyl (C=O) groups is 1. The fourth-order valence-corrected chi connectivity index (χ4v) is 2.27. The van der Waals surface area contributed by atoms with E-state index in [1.165, 1.54) is 0 Å².